The van der Waals surface area contributed by atoms with Gasteiger partial charge in [0.15, 0.2) is 0 Å². The highest BCUT2D eigenvalue weighted by Crippen LogP contribution is 2.75. The molecule has 0 nitrogen and oxygen atoms in total. The maximum Gasteiger partial charge on any atom is 0.100 e. The molecule has 0 bridgehead atoms. The van der Waals surface area contributed by atoms with Crippen LogP contribution in [0.1, 0.15) is 47.0 Å². The van der Waals surface area contributed by atoms with E-state index in [0.717, 1.165) is 17.3 Å². The molecular formula is C12H24B2. The van der Waals surface area contributed by atoms with Gasteiger partial charge in [-0.15, -0.1) is 0 Å². The lowest BCUT2D eigenvalue weighted by Gasteiger charge is -2.45. The molecule has 2 saturated carbocycles. The SMILES string of the molecule is BC(B)(C1CC12CC(C)C2)C(C)(C)C. The van der Waals surface area contributed by atoms with Crippen LogP contribution in [-0.4, -0.2) is 15.7 Å². The molecule has 14 heavy (non-hydrogen) atoms. The van der Waals surface area contributed by atoms with E-state index in [1.807, 2.05) is 0 Å². The van der Waals surface area contributed by atoms with Gasteiger partial charge in [-0.05, 0) is 41.9 Å². The summed E-state index contributed by atoms with van der Waals surface area (Å²) >= 11 is 0. The Kier molecular flexibility index (Phi) is 1.99. The highest BCUT2D eigenvalue weighted by atomic mass is 14.7. The molecule has 0 heterocycles. The van der Waals surface area contributed by atoms with Crippen LogP contribution >= 0.6 is 0 Å². The molecule has 1 atom stereocenters. The van der Waals surface area contributed by atoms with Crippen LogP contribution < -0.4 is 0 Å². The molecule has 2 aliphatic rings. The zero-order valence-electron chi connectivity index (χ0n) is 10.8. The molecule has 0 radical (unpaired) electrons. The third-order valence-corrected chi connectivity index (χ3v) is 5.50. The Morgan fingerprint density at radius 3 is 1.93 bits per heavy atom. The lowest BCUT2D eigenvalue weighted by molar-refractivity contribution is 0.143. The van der Waals surface area contributed by atoms with Gasteiger partial charge in [0.2, 0.25) is 0 Å². The molecule has 2 heteroatoms. The first-order valence-corrected chi connectivity index (χ1v) is 6.19. The molecule has 2 fully saturated rings. The monoisotopic (exact) mass is 190 g/mol. The van der Waals surface area contributed by atoms with Crippen LogP contribution in [0.4, 0.5) is 0 Å². The van der Waals surface area contributed by atoms with Crippen LogP contribution in [0.3, 0.4) is 0 Å². The third-order valence-electron chi connectivity index (χ3n) is 5.50. The molecular weight excluding hydrogens is 166 g/mol. The summed E-state index contributed by atoms with van der Waals surface area (Å²) in [6.07, 6.45) is 4.54. The summed E-state index contributed by atoms with van der Waals surface area (Å²) in [5, 5.41) is 0.521. The largest absolute Gasteiger partial charge is 0.100 e. The second-order valence-corrected chi connectivity index (χ2v) is 7.60. The van der Waals surface area contributed by atoms with Gasteiger partial charge in [0.25, 0.3) is 0 Å². The van der Waals surface area contributed by atoms with Crippen molar-refractivity contribution in [2.24, 2.45) is 22.7 Å². The minimum atomic E-state index is 0.458. The first-order chi connectivity index (χ1) is 6.19. The molecule has 1 unspecified atom stereocenters. The molecule has 0 aromatic heterocycles. The van der Waals surface area contributed by atoms with Crippen LogP contribution in [0.15, 0.2) is 0 Å². The van der Waals surface area contributed by atoms with E-state index in [4.69, 9.17) is 0 Å². The van der Waals surface area contributed by atoms with Crippen LogP contribution in [0.2, 0.25) is 5.21 Å². The van der Waals surface area contributed by atoms with Crippen molar-refractivity contribution in [3.63, 3.8) is 0 Å². The Labute approximate surface area is 91.0 Å². The standard InChI is InChI=1S/C12H24B2/c1-8-5-11(6-8)7-9(11)12(13,14)10(2,3)4/h8-9H,5-7,13-14H2,1-4H3. The fourth-order valence-electron chi connectivity index (χ4n) is 3.67. The minimum absolute atomic E-state index is 0.458. The van der Waals surface area contributed by atoms with E-state index in [1.165, 1.54) is 19.3 Å². The molecule has 0 saturated heterocycles. The Hall–Kier alpha value is 0.130. The van der Waals surface area contributed by atoms with Gasteiger partial charge in [-0.25, -0.2) is 0 Å². The smallest absolute Gasteiger partial charge is 0.0766 e. The number of hydrogen-bond acceptors (Lipinski definition) is 0. The van der Waals surface area contributed by atoms with Gasteiger partial charge in [0.1, 0.15) is 15.7 Å². The van der Waals surface area contributed by atoms with Crippen molar-refractivity contribution in [1.82, 2.24) is 0 Å². The Balaban J connectivity index is 2.06. The van der Waals surface area contributed by atoms with Gasteiger partial charge in [-0.3, -0.25) is 0 Å². The van der Waals surface area contributed by atoms with Crippen molar-refractivity contribution in [3.8, 4) is 0 Å². The van der Waals surface area contributed by atoms with Crippen LogP contribution in [0, 0.1) is 22.7 Å². The first kappa shape index (κ1) is 10.6. The van der Waals surface area contributed by atoms with E-state index in [2.05, 4.69) is 43.4 Å². The van der Waals surface area contributed by atoms with E-state index < -0.39 is 0 Å². The molecule has 2 aliphatic carbocycles. The predicted molar refractivity (Wildman–Crippen MR) is 68.2 cm³/mol. The Bertz CT molecular complexity index is 244. The lowest BCUT2D eigenvalue weighted by atomic mass is 9.39. The average Bonchev–Trinajstić information content (AvgIpc) is 2.60. The van der Waals surface area contributed by atoms with Gasteiger partial charge in [0, 0.05) is 0 Å². The molecule has 78 valence electrons. The molecule has 0 aromatic rings. The van der Waals surface area contributed by atoms with E-state index in [-0.39, 0.29) is 0 Å². The molecule has 0 amide bonds. The van der Waals surface area contributed by atoms with Crippen LogP contribution in [0.5, 0.6) is 0 Å². The number of hydrogen-bond donors (Lipinski definition) is 0. The van der Waals surface area contributed by atoms with Crippen LogP contribution in [0.25, 0.3) is 0 Å². The third kappa shape index (κ3) is 1.29. The van der Waals surface area contributed by atoms with Gasteiger partial charge in [-0.2, -0.15) is 0 Å². The van der Waals surface area contributed by atoms with E-state index in [9.17, 15) is 0 Å². The van der Waals surface area contributed by atoms with Crippen molar-refractivity contribution in [2.45, 2.75) is 52.2 Å². The summed E-state index contributed by atoms with van der Waals surface area (Å²) in [7, 11) is 4.96. The lowest BCUT2D eigenvalue weighted by Crippen LogP contribution is -2.36. The molecule has 2 rings (SSSR count). The molecule has 1 spiro atoms. The predicted octanol–water partition coefficient (Wildman–Crippen LogP) is 1.85. The normalized spacial score (nSPS) is 42.3. The summed E-state index contributed by atoms with van der Waals surface area (Å²) < 4.78 is 0. The first-order valence-electron chi connectivity index (χ1n) is 6.19. The van der Waals surface area contributed by atoms with Gasteiger partial charge < -0.3 is 0 Å². The van der Waals surface area contributed by atoms with E-state index in [0.29, 0.717) is 10.6 Å². The fourth-order valence-corrected chi connectivity index (χ4v) is 3.67. The van der Waals surface area contributed by atoms with Crippen molar-refractivity contribution in [3.05, 3.63) is 0 Å². The topological polar surface area (TPSA) is 0 Å². The van der Waals surface area contributed by atoms with Crippen LogP contribution in [-0.2, 0) is 0 Å². The summed E-state index contributed by atoms with van der Waals surface area (Å²) in [5.41, 5.74) is 1.26. The van der Waals surface area contributed by atoms with Crippen molar-refractivity contribution >= 4 is 15.7 Å². The maximum absolute atomic E-state index is 2.48. The van der Waals surface area contributed by atoms with Gasteiger partial charge in [-0.1, -0.05) is 32.9 Å². The second-order valence-electron chi connectivity index (χ2n) is 7.60. The second kappa shape index (κ2) is 2.62. The zero-order chi connectivity index (χ0) is 10.8. The summed E-state index contributed by atoms with van der Waals surface area (Å²) in [6, 6.07) is 0. The molecule has 0 N–H and O–H groups in total. The zero-order valence-corrected chi connectivity index (χ0v) is 10.8. The highest BCUT2D eigenvalue weighted by Gasteiger charge is 2.65. The van der Waals surface area contributed by atoms with Crippen molar-refractivity contribution < 1.29 is 0 Å². The summed E-state index contributed by atoms with van der Waals surface area (Å²) in [5.74, 6) is 2.02. The average molecular weight is 190 g/mol. The summed E-state index contributed by atoms with van der Waals surface area (Å²) in [6.45, 7) is 9.62. The quantitative estimate of drug-likeness (QED) is 0.553. The summed E-state index contributed by atoms with van der Waals surface area (Å²) in [4.78, 5) is 0. The molecule has 0 aliphatic heterocycles. The highest BCUT2D eigenvalue weighted by molar-refractivity contribution is 6.40. The Morgan fingerprint density at radius 1 is 1.07 bits per heavy atom. The number of rotatable bonds is 1. The van der Waals surface area contributed by atoms with Gasteiger partial charge in [0.05, 0.1) is 0 Å². The van der Waals surface area contributed by atoms with Crippen molar-refractivity contribution in [2.75, 3.05) is 0 Å². The molecule has 0 aromatic carbocycles. The van der Waals surface area contributed by atoms with Crippen molar-refractivity contribution in [1.29, 1.82) is 0 Å². The van der Waals surface area contributed by atoms with Gasteiger partial charge >= 0.3 is 0 Å². The van der Waals surface area contributed by atoms with E-state index >= 15 is 0 Å². The fraction of sp³-hybridized carbons (Fsp3) is 1.00. The Morgan fingerprint density at radius 2 is 1.57 bits per heavy atom. The maximum atomic E-state index is 2.48. The van der Waals surface area contributed by atoms with E-state index in [1.54, 1.807) is 0 Å². The minimum Gasteiger partial charge on any atom is -0.0766 e.